The van der Waals surface area contributed by atoms with Crippen LogP contribution in [0, 0.1) is 20.2 Å². The molecule has 1 aromatic carbocycles. The van der Waals surface area contributed by atoms with Gasteiger partial charge in [-0.25, -0.2) is 0 Å². The Morgan fingerprint density at radius 3 is 2.14 bits per heavy atom. The number of methoxy groups -OCH3 is 1. The number of anilines is 1. The van der Waals surface area contributed by atoms with Crippen LogP contribution in [0.2, 0.25) is 0 Å². The Hall–Kier alpha value is -2.22. The van der Waals surface area contributed by atoms with Crippen LogP contribution in [0.3, 0.4) is 0 Å². The minimum absolute atomic E-state index is 0.0224. The van der Waals surface area contributed by atoms with E-state index in [0.717, 1.165) is 0 Å². The lowest BCUT2D eigenvalue weighted by molar-refractivity contribution is -0.393. The summed E-state index contributed by atoms with van der Waals surface area (Å²) in [7, 11) is 1.44. The van der Waals surface area contributed by atoms with Crippen LogP contribution in [0.4, 0.5) is 17.1 Å². The number of nitrogens with zero attached hydrogens (tertiary/aromatic N) is 2. The Morgan fingerprint density at radius 1 is 1.18 bits per heavy atom. The van der Waals surface area contributed by atoms with Crippen LogP contribution < -0.4 is 5.32 Å². The van der Waals surface area contributed by atoms with E-state index in [1.54, 1.807) is 13.8 Å². The number of rotatable bonds is 7. The van der Waals surface area contributed by atoms with Crippen molar-refractivity contribution < 1.29 is 14.6 Å². The van der Waals surface area contributed by atoms with Gasteiger partial charge in [0.05, 0.1) is 22.0 Å². The third-order valence-electron chi connectivity index (χ3n) is 3.14. The maximum absolute atomic E-state index is 11.5. The molecule has 0 amide bonds. The fourth-order valence-corrected chi connectivity index (χ4v) is 2.30. The van der Waals surface area contributed by atoms with Crippen LogP contribution in [-0.2, 0) is 11.3 Å². The number of hydrogen-bond acceptors (Lipinski definition) is 6. The molecule has 1 rings (SSSR count). The van der Waals surface area contributed by atoms with Crippen LogP contribution >= 0.6 is 0 Å². The fourth-order valence-electron chi connectivity index (χ4n) is 2.30. The topological polar surface area (TPSA) is 108 Å². The van der Waals surface area contributed by atoms with Gasteiger partial charge in [-0.3, -0.25) is 20.2 Å². The van der Waals surface area contributed by atoms with Gasteiger partial charge in [-0.1, -0.05) is 13.8 Å². The highest BCUT2D eigenvalue weighted by Crippen LogP contribution is 2.42. The van der Waals surface area contributed by atoms with Gasteiger partial charge in [-0.05, 0) is 25.3 Å². The second-order valence-corrected chi connectivity index (χ2v) is 5.59. The number of nitro groups is 2. The van der Waals surface area contributed by atoms with Gasteiger partial charge >= 0.3 is 5.69 Å². The van der Waals surface area contributed by atoms with Crippen LogP contribution in [0.25, 0.3) is 0 Å². The first-order valence-electron chi connectivity index (χ1n) is 6.94. The van der Waals surface area contributed by atoms with Crippen LogP contribution in [0.5, 0.6) is 0 Å². The molecule has 0 fully saturated rings. The van der Waals surface area contributed by atoms with Crippen molar-refractivity contribution in [1.29, 1.82) is 0 Å². The van der Waals surface area contributed by atoms with Crippen molar-refractivity contribution in [2.75, 3.05) is 12.4 Å². The second kappa shape index (κ2) is 7.17. The molecule has 22 heavy (non-hydrogen) atoms. The van der Waals surface area contributed by atoms with Gasteiger partial charge < -0.3 is 10.1 Å². The lowest BCUT2D eigenvalue weighted by atomic mass is 9.94. The standard InChI is InChI=1S/C14H21N3O5/c1-8(2)10-6-12(16(18)19)13(15-9(3)4)14(17(20)21)11(10)7-22-5/h6,8-9,15H,7H2,1-5H3. The molecule has 8 nitrogen and oxygen atoms in total. The minimum Gasteiger partial charge on any atom is -0.380 e. The molecule has 0 saturated carbocycles. The van der Waals surface area contributed by atoms with Crippen molar-refractivity contribution in [3.05, 3.63) is 37.4 Å². The molecule has 1 N–H and O–H groups in total. The Morgan fingerprint density at radius 2 is 1.77 bits per heavy atom. The molecule has 1 aromatic rings. The van der Waals surface area contributed by atoms with Crippen molar-refractivity contribution in [2.24, 2.45) is 0 Å². The lowest BCUT2D eigenvalue weighted by Gasteiger charge is -2.17. The smallest absolute Gasteiger partial charge is 0.305 e. The highest BCUT2D eigenvalue weighted by molar-refractivity contribution is 5.78. The zero-order chi connectivity index (χ0) is 17.0. The molecular weight excluding hydrogens is 290 g/mol. The van der Waals surface area contributed by atoms with E-state index in [0.29, 0.717) is 11.1 Å². The van der Waals surface area contributed by atoms with E-state index in [-0.39, 0.29) is 35.6 Å². The van der Waals surface area contributed by atoms with Gasteiger partial charge in [0, 0.05) is 19.2 Å². The van der Waals surface area contributed by atoms with Crippen molar-refractivity contribution >= 4 is 17.1 Å². The summed E-state index contributed by atoms with van der Waals surface area (Å²) in [6.07, 6.45) is 0. The van der Waals surface area contributed by atoms with E-state index >= 15 is 0 Å². The van der Waals surface area contributed by atoms with E-state index < -0.39 is 9.85 Å². The van der Waals surface area contributed by atoms with Gasteiger partial charge in [-0.15, -0.1) is 0 Å². The number of ether oxygens (including phenoxy) is 1. The molecule has 0 saturated heterocycles. The number of nitro benzene ring substituents is 2. The molecule has 0 atom stereocenters. The molecule has 0 aliphatic heterocycles. The molecule has 8 heteroatoms. The molecule has 0 bridgehead atoms. The van der Waals surface area contributed by atoms with E-state index in [1.807, 2.05) is 13.8 Å². The third-order valence-corrected chi connectivity index (χ3v) is 3.14. The minimum atomic E-state index is -0.597. The summed E-state index contributed by atoms with van der Waals surface area (Å²) in [5, 5.41) is 25.7. The quantitative estimate of drug-likeness (QED) is 0.609. The Balaban J connectivity index is 3.81. The summed E-state index contributed by atoms with van der Waals surface area (Å²) in [6, 6.07) is 1.22. The second-order valence-electron chi connectivity index (χ2n) is 5.59. The van der Waals surface area contributed by atoms with Crippen molar-refractivity contribution in [3.63, 3.8) is 0 Å². The molecule has 0 spiro atoms. The lowest BCUT2D eigenvalue weighted by Crippen LogP contribution is -2.16. The van der Waals surface area contributed by atoms with E-state index in [1.165, 1.54) is 13.2 Å². The Labute approximate surface area is 128 Å². The zero-order valence-electron chi connectivity index (χ0n) is 13.4. The molecule has 0 unspecified atom stereocenters. The first kappa shape index (κ1) is 17.8. The monoisotopic (exact) mass is 311 g/mol. The summed E-state index contributed by atoms with van der Waals surface area (Å²) < 4.78 is 5.07. The summed E-state index contributed by atoms with van der Waals surface area (Å²) in [4.78, 5) is 21.7. The van der Waals surface area contributed by atoms with Crippen LogP contribution in [0.15, 0.2) is 6.07 Å². The first-order chi connectivity index (χ1) is 10.2. The van der Waals surface area contributed by atoms with E-state index in [9.17, 15) is 20.2 Å². The normalized spacial score (nSPS) is 11.0. The maximum Gasteiger partial charge on any atom is 0.305 e. The highest BCUT2D eigenvalue weighted by atomic mass is 16.6. The first-order valence-corrected chi connectivity index (χ1v) is 6.94. The van der Waals surface area contributed by atoms with Crippen LogP contribution in [0.1, 0.15) is 44.7 Å². The van der Waals surface area contributed by atoms with Crippen LogP contribution in [-0.4, -0.2) is 23.0 Å². The summed E-state index contributed by atoms with van der Waals surface area (Å²) in [5.74, 6) is -0.101. The maximum atomic E-state index is 11.5. The largest absolute Gasteiger partial charge is 0.380 e. The van der Waals surface area contributed by atoms with E-state index in [2.05, 4.69) is 5.32 Å². The molecule has 0 radical (unpaired) electrons. The zero-order valence-corrected chi connectivity index (χ0v) is 13.4. The average Bonchev–Trinajstić information content (AvgIpc) is 2.37. The third kappa shape index (κ3) is 3.70. The van der Waals surface area contributed by atoms with Gasteiger partial charge in [0.15, 0.2) is 5.69 Å². The Bertz CT molecular complexity index is 584. The SMILES string of the molecule is COCc1c(C(C)C)cc([N+](=O)[O-])c(NC(C)C)c1[N+](=O)[O-]. The summed E-state index contributed by atoms with van der Waals surface area (Å²) in [6.45, 7) is 7.21. The molecule has 0 aromatic heterocycles. The van der Waals surface area contributed by atoms with Gasteiger partial charge in [-0.2, -0.15) is 0 Å². The summed E-state index contributed by atoms with van der Waals surface area (Å²) in [5.41, 5.74) is 0.282. The summed E-state index contributed by atoms with van der Waals surface area (Å²) >= 11 is 0. The van der Waals surface area contributed by atoms with Gasteiger partial charge in [0.2, 0.25) is 0 Å². The number of benzene rings is 1. The number of hydrogen-bond donors (Lipinski definition) is 1. The van der Waals surface area contributed by atoms with Gasteiger partial charge in [0.1, 0.15) is 0 Å². The van der Waals surface area contributed by atoms with E-state index in [4.69, 9.17) is 4.74 Å². The van der Waals surface area contributed by atoms with Crippen molar-refractivity contribution in [1.82, 2.24) is 0 Å². The van der Waals surface area contributed by atoms with Crippen molar-refractivity contribution in [3.8, 4) is 0 Å². The number of nitrogens with one attached hydrogen (secondary N) is 1. The highest BCUT2D eigenvalue weighted by Gasteiger charge is 2.33. The predicted octanol–water partition coefficient (Wildman–Crippen LogP) is 3.59. The predicted molar refractivity (Wildman–Crippen MR) is 83.3 cm³/mol. The Kier molecular flexibility index (Phi) is 5.81. The molecule has 122 valence electrons. The molecule has 0 aliphatic rings. The van der Waals surface area contributed by atoms with Gasteiger partial charge in [0.25, 0.3) is 5.69 Å². The average molecular weight is 311 g/mol. The molecule has 0 aliphatic carbocycles. The fraction of sp³-hybridized carbons (Fsp3) is 0.571. The molecular formula is C14H21N3O5. The molecule has 0 heterocycles. The van der Waals surface area contributed by atoms with Crippen molar-refractivity contribution in [2.45, 2.75) is 46.3 Å².